The van der Waals surface area contributed by atoms with E-state index in [4.69, 9.17) is 11.6 Å². The first-order chi connectivity index (χ1) is 16.1. The zero-order chi connectivity index (χ0) is 23.2. The smallest absolute Gasteiger partial charge is 0.254 e. The lowest BCUT2D eigenvalue weighted by Gasteiger charge is -2.42. The molecule has 0 saturated carbocycles. The Kier molecular flexibility index (Phi) is 8.05. The Morgan fingerprint density at radius 3 is 2.61 bits per heavy atom. The highest BCUT2D eigenvalue weighted by atomic mass is 35.5. The highest BCUT2D eigenvalue weighted by molar-refractivity contribution is 6.30. The number of piperidine rings is 1. The monoisotopic (exact) mass is 467 g/mol. The third-order valence-electron chi connectivity index (χ3n) is 6.84. The van der Waals surface area contributed by atoms with Crippen molar-refractivity contribution in [2.24, 2.45) is 0 Å². The summed E-state index contributed by atoms with van der Waals surface area (Å²) in [6.45, 7) is 6.40. The fourth-order valence-electron chi connectivity index (χ4n) is 5.14. The topological polar surface area (TPSA) is 52.7 Å². The first-order valence-corrected chi connectivity index (χ1v) is 12.6. The Balaban J connectivity index is 1.65. The Morgan fingerprint density at radius 1 is 1.06 bits per heavy atom. The summed E-state index contributed by atoms with van der Waals surface area (Å²) in [5, 5.41) is 3.80. The van der Waals surface area contributed by atoms with Crippen LogP contribution in [0.15, 0.2) is 48.5 Å². The minimum Gasteiger partial charge on any atom is -0.354 e. The molecule has 2 aliphatic heterocycles. The van der Waals surface area contributed by atoms with Crippen LogP contribution in [0, 0.1) is 0 Å². The first-order valence-electron chi connectivity index (χ1n) is 12.3. The molecule has 0 spiro atoms. The highest BCUT2D eigenvalue weighted by Crippen LogP contribution is 2.43. The van der Waals surface area contributed by atoms with Crippen molar-refractivity contribution in [1.29, 1.82) is 0 Å². The van der Waals surface area contributed by atoms with Crippen molar-refractivity contribution in [3.05, 3.63) is 70.2 Å². The van der Waals surface area contributed by atoms with Gasteiger partial charge in [0, 0.05) is 30.2 Å². The Hall–Kier alpha value is -2.37. The van der Waals surface area contributed by atoms with Gasteiger partial charge in [-0.05, 0) is 61.7 Å². The number of amides is 2. The minimum absolute atomic E-state index is 0.0126. The second kappa shape index (κ2) is 11.2. The van der Waals surface area contributed by atoms with Gasteiger partial charge < -0.3 is 15.1 Å². The summed E-state index contributed by atoms with van der Waals surface area (Å²) in [6.07, 6.45) is 5.61. The van der Waals surface area contributed by atoms with Crippen molar-refractivity contribution in [3.8, 4) is 0 Å². The van der Waals surface area contributed by atoms with Crippen molar-refractivity contribution in [2.75, 3.05) is 32.7 Å². The number of fused-ring (bicyclic) bond motifs is 1. The molecule has 2 aromatic carbocycles. The van der Waals surface area contributed by atoms with E-state index < -0.39 is 5.92 Å². The predicted octanol–water partition coefficient (Wildman–Crippen LogP) is 5.02. The molecule has 33 heavy (non-hydrogen) atoms. The van der Waals surface area contributed by atoms with Crippen molar-refractivity contribution in [1.82, 2.24) is 15.1 Å². The van der Waals surface area contributed by atoms with E-state index in [1.807, 2.05) is 53.4 Å². The van der Waals surface area contributed by atoms with Crippen LogP contribution in [-0.2, 0) is 4.79 Å². The Labute approximate surface area is 202 Å². The predicted molar refractivity (Wildman–Crippen MR) is 133 cm³/mol. The van der Waals surface area contributed by atoms with Gasteiger partial charge in [-0.25, -0.2) is 0 Å². The SMILES string of the molecule is CCCCN1C(=O)c2ccccc2[C@H](C(=O)NCCN2CCCCC2)[C@@H]1c1cccc(Cl)c1. The second-order valence-electron chi connectivity index (χ2n) is 9.11. The normalized spacial score (nSPS) is 21.0. The van der Waals surface area contributed by atoms with E-state index in [1.165, 1.54) is 19.3 Å². The van der Waals surface area contributed by atoms with Gasteiger partial charge in [-0.15, -0.1) is 0 Å². The standard InChI is InChI=1S/C27H34ClN3O2/c1-2-3-17-31-25(20-10-9-11-21(28)19-20)24(22-12-5-6-13-23(22)27(31)33)26(32)29-14-18-30-15-7-4-8-16-30/h5-6,9-13,19,24-25H,2-4,7-8,14-18H2,1H3,(H,29,32)/t24-,25-/m0/s1. The highest BCUT2D eigenvalue weighted by Gasteiger charge is 2.43. The maximum absolute atomic E-state index is 13.7. The number of likely N-dealkylation sites (tertiary alicyclic amines) is 1. The largest absolute Gasteiger partial charge is 0.354 e. The van der Waals surface area contributed by atoms with E-state index in [2.05, 4.69) is 17.1 Å². The number of rotatable bonds is 8. The lowest BCUT2D eigenvalue weighted by Crippen LogP contribution is -2.48. The summed E-state index contributed by atoms with van der Waals surface area (Å²) in [7, 11) is 0. The molecule has 2 heterocycles. The number of carbonyl (C=O) groups is 2. The van der Waals surface area contributed by atoms with E-state index in [1.54, 1.807) is 0 Å². The molecule has 6 heteroatoms. The molecule has 2 amide bonds. The van der Waals surface area contributed by atoms with Crippen LogP contribution >= 0.6 is 11.6 Å². The number of nitrogens with zero attached hydrogens (tertiary/aromatic N) is 2. The average molecular weight is 468 g/mol. The molecule has 2 atom stereocenters. The van der Waals surface area contributed by atoms with E-state index in [9.17, 15) is 9.59 Å². The zero-order valence-corrected chi connectivity index (χ0v) is 20.2. The Bertz CT molecular complexity index is 973. The second-order valence-corrected chi connectivity index (χ2v) is 9.55. The van der Waals surface area contributed by atoms with Crippen molar-refractivity contribution in [3.63, 3.8) is 0 Å². The number of benzene rings is 2. The molecule has 1 N–H and O–H groups in total. The van der Waals surface area contributed by atoms with Crippen LogP contribution in [0.3, 0.4) is 0 Å². The van der Waals surface area contributed by atoms with Gasteiger partial charge in [0.05, 0.1) is 12.0 Å². The number of hydrogen-bond acceptors (Lipinski definition) is 3. The van der Waals surface area contributed by atoms with E-state index in [0.717, 1.165) is 43.6 Å². The molecule has 0 radical (unpaired) electrons. The summed E-state index contributed by atoms with van der Waals surface area (Å²) in [6, 6.07) is 14.8. The van der Waals surface area contributed by atoms with Crippen molar-refractivity contribution in [2.45, 2.75) is 51.0 Å². The molecule has 2 aromatic rings. The molecule has 2 aliphatic rings. The Morgan fingerprint density at radius 2 is 1.85 bits per heavy atom. The number of hydrogen-bond donors (Lipinski definition) is 1. The third-order valence-corrected chi connectivity index (χ3v) is 7.07. The molecule has 1 saturated heterocycles. The molecule has 0 aliphatic carbocycles. The van der Waals surface area contributed by atoms with Crippen LogP contribution in [0.4, 0.5) is 0 Å². The number of halogens is 1. The van der Waals surface area contributed by atoms with Gasteiger partial charge in [0.15, 0.2) is 0 Å². The maximum atomic E-state index is 13.7. The lowest BCUT2D eigenvalue weighted by atomic mass is 9.79. The number of unbranched alkanes of at least 4 members (excludes halogenated alkanes) is 1. The summed E-state index contributed by atoms with van der Waals surface area (Å²) < 4.78 is 0. The number of carbonyl (C=O) groups excluding carboxylic acids is 2. The van der Waals surface area contributed by atoms with Crippen LogP contribution in [0.25, 0.3) is 0 Å². The van der Waals surface area contributed by atoms with Crippen LogP contribution in [0.2, 0.25) is 5.02 Å². The molecular formula is C27H34ClN3O2. The lowest BCUT2D eigenvalue weighted by molar-refractivity contribution is -0.124. The van der Waals surface area contributed by atoms with Gasteiger partial charge in [0.25, 0.3) is 5.91 Å². The average Bonchev–Trinajstić information content (AvgIpc) is 2.84. The summed E-state index contributed by atoms with van der Waals surface area (Å²) in [4.78, 5) is 31.5. The van der Waals surface area contributed by atoms with E-state index >= 15 is 0 Å². The molecule has 0 aromatic heterocycles. The van der Waals surface area contributed by atoms with Gasteiger partial charge >= 0.3 is 0 Å². The summed E-state index contributed by atoms with van der Waals surface area (Å²) in [5.74, 6) is -0.518. The van der Waals surface area contributed by atoms with Crippen molar-refractivity contribution >= 4 is 23.4 Å². The zero-order valence-electron chi connectivity index (χ0n) is 19.4. The quantitative estimate of drug-likeness (QED) is 0.592. The molecule has 4 rings (SSSR count). The van der Waals surface area contributed by atoms with Crippen molar-refractivity contribution < 1.29 is 9.59 Å². The minimum atomic E-state index is -0.476. The molecule has 0 bridgehead atoms. The third kappa shape index (κ3) is 5.42. The van der Waals surface area contributed by atoms with Gasteiger partial charge in [-0.1, -0.05) is 61.7 Å². The molecular weight excluding hydrogens is 434 g/mol. The summed E-state index contributed by atoms with van der Waals surface area (Å²) in [5.41, 5.74) is 2.33. The fraction of sp³-hybridized carbons (Fsp3) is 0.481. The van der Waals surface area contributed by atoms with Crippen LogP contribution < -0.4 is 5.32 Å². The van der Waals surface area contributed by atoms with E-state index in [0.29, 0.717) is 23.7 Å². The fourth-order valence-corrected chi connectivity index (χ4v) is 5.34. The maximum Gasteiger partial charge on any atom is 0.254 e. The molecule has 0 unspecified atom stereocenters. The van der Waals surface area contributed by atoms with Gasteiger partial charge in [0.1, 0.15) is 0 Å². The van der Waals surface area contributed by atoms with E-state index in [-0.39, 0.29) is 17.9 Å². The van der Waals surface area contributed by atoms with Crippen LogP contribution in [0.5, 0.6) is 0 Å². The van der Waals surface area contributed by atoms with Crippen LogP contribution in [0.1, 0.15) is 72.5 Å². The molecule has 1 fully saturated rings. The van der Waals surface area contributed by atoms with Gasteiger partial charge in [0.2, 0.25) is 5.91 Å². The number of nitrogens with one attached hydrogen (secondary N) is 1. The van der Waals surface area contributed by atoms with Gasteiger partial charge in [-0.3, -0.25) is 9.59 Å². The summed E-state index contributed by atoms with van der Waals surface area (Å²) >= 11 is 6.34. The van der Waals surface area contributed by atoms with Gasteiger partial charge in [-0.2, -0.15) is 0 Å². The molecule has 176 valence electrons. The first kappa shape index (κ1) is 23.8. The molecule has 5 nitrogen and oxygen atoms in total. The van der Waals surface area contributed by atoms with Crippen LogP contribution in [-0.4, -0.2) is 54.3 Å².